The molecule has 0 spiro atoms. The molecular weight excluding hydrogens is 158 g/mol. The Morgan fingerprint density at radius 1 is 1.23 bits per heavy atom. The molecule has 0 amide bonds. The van der Waals surface area contributed by atoms with Gasteiger partial charge in [0.05, 0.1) is 0 Å². The van der Waals surface area contributed by atoms with Gasteiger partial charge in [0.15, 0.2) is 0 Å². The third-order valence-electron chi connectivity index (χ3n) is 3.66. The zero-order valence-electron chi connectivity index (χ0n) is 9.53. The van der Waals surface area contributed by atoms with Gasteiger partial charge < -0.3 is 5.32 Å². The van der Waals surface area contributed by atoms with Gasteiger partial charge in [-0.1, -0.05) is 46.5 Å². The lowest BCUT2D eigenvalue weighted by Crippen LogP contribution is -2.24. The van der Waals surface area contributed by atoms with Gasteiger partial charge in [0.25, 0.3) is 0 Å². The zero-order valence-corrected chi connectivity index (χ0v) is 9.53. The van der Waals surface area contributed by atoms with Crippen molar-refractivity contribution < 1.29 is 0 Å². The van der Waals surface area contributed by atoms with Crippen LogP contribution in [0.3, 0.4) is 0 Å². The molecule has 0 aliphatic carbocycles. The van der Waals surface area contributed by atoms with Crippen LogP contribution in [0.4, 0.5) is 0 Å². The summed E-state index contributed by atoms with van der Waals surface area (Å²) in [5.41, 5.74) is 0.591. The van der Waals surface area contributed by atoms with Crippen LogP contribution in [0.2, 0.25) is 0 Å². The lowest BCUT2D eigenvalue weighted by atomic mass is 9.79. The van der Waals surface area contributed by atoms with E-state index < -0.39 is 0 Å². The Morgan fingerprint density at radius 2 is 1.92 bits per heavy atom. The largest absolute Gasteiger partial charge is 0.311 e. The van der Waals surface area contributed by atoms with Crippen molar-refractivity contribution >= 4 is 0 Å². The van der Waals surface area contributed by atoms with Crippen LogP contribution >= 0.6 is 0 Å². The molecule has 1 aliphatic heterocycles. The van der Waals surface area contributed by atoms with Gasteiger partial charge in [0.1, 0.15) is 0 Å². The maximum Gasteiger partial charge on any atom is 0.0246 e. The minimum absolute atomic E-state index is 0.591. The van der Waals surface area contributed by atoms with Crippen molar-refractivity contribution in [3.05, 3.63) is 0 Å². The molecule has 1 saturated heterocycles. The number of hydrogen-bond donors (Lipinski definition) is 1. The molecule has 1 unspecified atom stereocenters. The van der Waals surface area contributed by atoms with E-state index >= 15 is 0 Å². The molecule has 1 aliphatic rings. The summed E-state index contributed by atoms with van der Waals surface area (Å²) in [5.74, 6) is 0. The molecule has 0 aromatic heterocycles. The van der Waals surface area contributed by atoms with Gasteiger partial charge in [-0.3, -0.25) is 0 Å². The second-order valence-electron chi connectivity index (χ2n) is 4.78. The van der Waals surface area contributed by atoms with Crippen molar-refractivity contribution in [3.63, 3.8) is 0 Å². The van der Waals surface area contributed by atoms with E-state index in [0.29, 0.717) is 5.41 Å². The molecule has 1 rings (SSSR count). The van der Waals surface area contributed by atoms with Crippen molar-refractivity contribution in [1.29, 1.82) is 0 Å². The fourth-order valence-electron chi connectivity index (χ4n) is 2.10. The Kier molecular flexibility index (Phi) is 4.24. The van der Waals surface area contributed by atoms with Crippen LogP contribution in [0.1, 0.15) is 59.3 Å². The topological polar surface area (TPSA) is 21.9 Å². The summed E-state index contributed by atoms with van der Waals surface area (Å²) in [6, 6.07) is 0.833. The van der Waals surface area contributed by atoms with Gasteiger partial charge in [-0.15, -0.1) is 0 Å². The second kappa shape index (κ2) is 4.99. The zero-order chi connectivity index (χ0) is 9.73. The third kappa shape index (κ3) is 3.30. The maximum atomic E-state index is 3.47. The van der Waals surface area contributed by atoms with Crippen molar-refractivity contribution in [1.82, 2.24) is 5.32 Å². The average molecular weight is 183 g/mol. The summed E-state index contributed by atoms with van der Waals surface area (Å²) in [4.78, 5) is 0. The maximum absolute atomic E-state index is 3.47. The molecule has 1 heterocycles. The number of hydrogen-bond acceptors (Lipinski definition) is 1. The minimum atomic E-state index is 0.591. The first-order valence-electron chi connectivity index (χ1n) is 5.96. The van der Waals surface area contributed by atoms with Crippen molar-refractivity contribution in [2.75, 3.05) is 6.54 Å². The van der Waals surface area contributed by atoms with E-state index in [4.69, 9.17) is 0 Å². The molecule has 1 fully saturated rings. The SMILES string of the molecule is CCCCCCC(C)(CC)[C@H]1CN1. The van der Waals surface area contributed by atoms with Crippen LogP contribution in [-0.2, 0) is 0 Å². The minimum Gasteiger partial charge on any atom is -0.311 e. The van der Waals surface area contributed by atoms with E-state index in [0.717, 1.165) is 6.04 Å². The Labute approximate surface area is 83.3 Å². The monoisotopic (exact) mass is 183 g/mol. The highest BCUT2D eigenvalue weighted by Gasteiger charge is 2.38. The predicted molar refractivity (Wildman–Crippen MR) is 58.9 cm³/mol. The lowest BCUT2D eigenvalue weighted by molar-refractivity contribution is 0.266. The van der Waals surface area contributed by atoms with Gasteiger partial charge in [-0.25, -0.2) is 0 Å². The summed E-state index contributed by atoms with van der Waals surface area (Å²) >= 11 is 0. The Balaban J connectivity index is 2.15. The highest BCUT2D eigenvalue weighted by atomic mass is 15.1. The average Bonchev–Trinajstić information content (AvgIpc) is 2.95. The van der Waals surface area contributed by atoms with Crippen LogP contribution in [0.25, 0.3) is 0 Å². The summed E-state index contributed by atoms with van der Waals surface area (Å²) in [7, 11) is 0. The number of unbranched alkanes of at least 4 members (excludes halogenated alkanes) is 3. The second-order valence-corrected chi connectivity index (χ2v) is 4.78. The standard InChI is InChI=1S/C12H25N/c1-4-6-7-8-9-12(3,5-2)11-10-13-11/h11,13H,4-10H2,1-3H3/t11-,12?/m1/s1. The van der Waals surface area contributed by atoms with Crippen LogP contribution in [0, 0.1) is 5.41 Å². The van der Waals surface area contributed by atoms with Gasteiger partial charge in [-0.05, 0) is 18.3 Å². The molecule has 0 bridgehead atoms. The van der Waals surface area contributed by atoms with E-state index in [1.165, 1.54) is 45.1 Å². The van der Waals surface area contributed by atoms with Crippen molar-refractivity contribution in [2.45, 2.75) is 65.3 Å². The van der Waals surface area contributed by atoms with Gasteiger partial charge >= 0.3 is 0 Å². The molecule has 13 heavy (non-hydrogen) atoms. The molecule has 0 saturated carbocycles. The first-order valence-corrected chi connectivity index (χ1v) is 5.96. The van der Waals surface area contributed by atoms with Gasteiger partial charge in [0, 0.05) is 12.6 Å². The Hall–Kier alpha value is -0.0400. The molecule has 2 atom stereocenters. The fraction of sp³-hybridized carbons (Fsp3) is 1.00. The quantitative estimate of drug-likeness (QED) is 0.474. The van der Waals surface area contributed by atoms with E-state index in [-0.39, 0.29) is 0 Å². The summed E-state index contributed by atoms with van der Waals surface area (Å²) in [6.45, 7) is 8.32. The number of nitrogens with one attached hydrogen (secondary N) is 1. The van der Waals surface area contributed by atoms with E-state index in [1.807, 2.05) is 0 Å². The smallest absolute Gasteiger partial charge is 0.0246 e. The normalized spacial score (nSPS) is 25.6. The number of rotatable bonds is 7. The van der Waals surface area contributed by atoms with Crippen LogP contribution in [0.5, 0.6) is 0 Å². The third-order valence-corrected chi connectivity index (χ3v) is 3.66. The molecule has 0 aromatic carbocycles. The lowest BCUT2D eigenvalue weighted by Gasteiger charge is -2.27. The summed E-state index contributed by atoms with van der Waals surface area (Å²) in [6.07, 6.45) is 8.37. The van der Waals surface area contributed by atoms with Gasteiger partial charge in [0.2, 0.25) is 0 Å². The van der Waals surface area contributed by atoms with Crippen LogP contribution < -0.4 is 5.32 Å². The van der Waals surface area contributed by atoms with E-state index in [9.17, 15) is 0 Å². The molecular formula is C12H25N. The summed E-state index contributed by atoms with van der Waals surface area (Å²) in [5, 5.41) is 3.47. The highest BCUT2D eigenvalue weighted by Crippen LogP contribution is 2.36. The highest BCUT2D eigenvalue weighted by molar-refractivity contribution is 4.97. The molecule has 0 radical (unpaired) electrons. The predicted octanol–water partition coefficient (Wildman–Crippen LogP) is 3.34. The first kappa shape index (κ1) is 11.0. The molecule has 78 valence electrons. The van der Waals surface area contributed by atoms with E-state index in [2.05, 4.69) is 26.1 Å². The van der Waals surface area contributed by atoms with Crippen LogP contribution in [0.15, 0.2) is 0 Å². The first-order chi connectivity index (χ1) is 6.23. The van der Waals surface area contributed by atoms with E-state index in [1.54, 1.807) is 0 Å². The Bertz CT molecular complexity index is 140. The Morgan fingerprint density at radius 3 is 2.38 bits per heavy atom. The molecule has 1 nitrogen and oxygen atoms in total. The van der Waals surface area contributed by atoms with Crippen molar-refractivity contribution in [2.24, 2.45) is 5.41 Å². The molecule has 1 heteroatoms. The summed E-state index contributed by atoms with van der Waals surface area (Å²) < 4.78 is 0. The van der Waals surface area contributed by atoms with Crippen molar-refractivity contribution in [3.8, 4) is 0 Å². The molecule has 1 N–H and O–H groups in total. The van der Waals surface area contributed by atoms with Crippen LogP contribution in [-0.4, -0.2) is 12.6 Å². The molecule has 0 aromatic rings. The fourth-order valence-corrected chi connectivity index (χ4v) is 2.10. The van der Waals surface area contributed by atoms with Gasteiger partial charge in [-0.2, -0.15) is 0 Å².